The SMILES string of the molecule is O=C1C[C@H]2[C@H](CO)[C@@H](O)C[C@@H]2O1. The van der Waals surface area contributed by atoms with Gasteiger partial charge in [0.25, 0.3) is 0 Å². The summed E-state index contributed by atoms with van der Waals surface area (Å²) in [6.45, 7) is -0.0566. The van der Waals surface area contributed by atoms with Crippen LogP contribution in [0, 0.1) is 11.8 Å². The van der Waals surface area contributed by atoms with Crippen LogP contribution in [0.25, 0.3) is 0 Å². The van der Waals surface area contributed by atoms with Crippen molar-refractivity contribution in [3.63, 3.8) is 0 Å². The fraction of sp³-hybridized carbons (Fsp3) is 0.875. The zero-order chi connectivity index (χ0) is 8.72. The molecule has 1 aliphatic carbocycles. The lowest BCUT2D eigenvalue weighted by molar-refractivity contribution is -0.141. The lowest BCUT2D eigenvalue weighted by Gasteiger charge is -2.14. The van der Waals surface area contributed by atoms with Crippen molar-refractivity contribution in [2.45, 2.75) is 25.0 Å². The molecular weight excluding hydrogens is 160 g/mol. The number of fused-ring (bicyclic) bond motifs is 1. The topological polar surface area (TPSA) is 66.8 Å². The molecule has 0 spiro atoms. The van der Waals surface area contributed by atoms with Crippen LogP contribution in [-0.2, 0) is 9.53 Å². The van der Waals surface area contributed by atoms with Crippen molar-refractivity contribution < 1.29 is 19.7 Å². The van der Waals surface area contributed by atoms with Gasteiger partial charge in [-0.2, -0.15) is 0 Å². The Morgan fingerprint density at radius 2 is 2.33 bits per heavy atom. The van der Waals surface area contributed by atoms with Crippen molar-refractivity contribution >= 4 is 5.97 Å². The smallest absolute Gasteiger partial charge is 0.306 e. The van der Waals surface area contributed by atoms with E-state index in [-0.39, 0.29) is 30.5 Å². The number of carbonyl (C=O) groups is 1. The van der Waals surface area contributed by atoms with E-state index in [0.717, 1.165) is 0 Å². The first-order chi connectivity index (χ1) is 5.72. The van der Waals surface area contributed by atoms with Gasteiger partial charge in [0.05, 0.1) is 12.5 Å². The molecule has 0 bridgehead atoms. The molecule has 1 aliphatic heterocycles. The van der Waals surface area contributed by atoms with Crippen molar-refractivity contribution in [1.82, 2.24) is 0 Å². The van der Waals surface area contributed by atoms with Gasteiger partial charge < -0.3 is 14.9 Å². The zero-order valence-electron chi connectivity index (χ0n) is 6.64. The Morgan fingerprint density at radius 1 is 1.58 bits per heavy atom. The number of carbonyl (C=O) groups excluding carboxylic acids is 1. The van der Waals surface area contributed by atoms with E-state index in [1.165, 1.54) is 0 Å². The number of rotatable bonds is 1. The van der Waals surface area contributed by atoms with Gasteiger partial charge in [0.1, 0.15) is 6.10 Å². The first-order valence-corrected chi connectivity index (χ1v) is 4.20. The first-order valence-electron chi connectivity index (χ1n) is 4.20. The van der Waals surface area contributed by atoms with E-state index in [0.29, 0.717) is 12.8 Å². The normalized spacial score (nSPS) is 46.0. The maximum Gasteiger partial charge on any atom is 0.306 e. The van der Waals surface area contributed by atoms with E-state index in [2.05, 4.69) is 0 Å². The third-order valence-electron chi connectivity index (χ3n) is 2.89. The van der Waals surface area contributed by atoms with E-state index >= 15 is 0 Å². The highest BCUT2D eigenvalue weighted by Gasteiger charge is 2.49. The molecule has 4 heteroatoms. The fourth-order valence-electron chi connectivity index (χ4n) is 2.23. The van der Waals surface area contributed by atoms with Crippen LogP contribution in [0.1, 0.15) is 12.8 Å². The highest BCUT2D eigenvalue weighted by Crippen LogP contribution is 2.40. The fourth-order valence-corrected chi connectivity index (χ4v) is 2.23. The lowest BCUT2D eigenvalue weighted by Crippen LogP contribution is -2.23. The summed E-state index contributed by atoms with van der Waals surface area (Å²) in [6, 6.07) is 0. The van der Waals surface area contributed by atoms with Gasteiger partial charge in [0.2, 0.25) is 0 Å². The summed E-state index contributed by atoms with van der Waals surface area (Å²) >= 11 is 0. The second kappa shape index (κ2) is 2.71. The van der Waals surface area contributed by atoms with Gasteiger partial charge in [0.15, 0.2) is 0 Å². The van der Waals surface area contributed by atoms with Crippen LogP contribution in [0.15, 0.2) is 0 Å². The van der Waals surface area contributed by atoms with Crippen molar-refractivity contribution in [3.8, 4) is 0 Å². The molecule has 2 fully saturated rings. The molecular formula is C8H12O4. The average Bonchev–Trinajstić information content (AvgIpc) is 2.43. The molecule has 68 valence electrons. The minimum Gasteiger partial charge on any atom is -0.462 e. The summed E-state index contributed by atoms with van der Waals surface area (Å²) < 4.78 is 4.98. The zero-order valence-corrected chi connectivity index (χ0v) is 6.64. The molecule has 0 amide bonds. The molecule has 1 heterocycles. The Hall–Kier alpha value is -0.610. The van der Waals surface area contributed by atoms with Gasteiger partial charge in [-0.25, -0.2) is 0 Å². The summed E-state index contributed by atoms with van der Waals surface area (Å²) in [5.74, 6) is -0.325. The summed E-state index contributed by atoms with van der Waals surface area (Å²) in [5.41, 5.74) is 0. The van der Waals surface area contributed by atoms with Crippen molar-refractivity contribution in [2.24, 2.45) is 11.8 Å². The molecule has 1 saturated carbocycles. The van der Waals surface area contributed by atoms with E-state index in [1.54, 1.807) is 0 Å². The van der Waals surface area contributed by atoms with Gasteiger partial charge in [0, 0.05) is 24.9 Å². The van der Waals surface area contributed by atoms with E-state index in [9.17, 15) is 9.90 Å². The molecule has 2 N–H and O–H groups in total. The highest BCUT2D eigenvalue weighted by atomic mass is 16.6. The Labute approximate surface area is 70.1 Å². The lowest BCUT2D eigenvalue weighted by atomic mass is 9.93. The Morgan fingerprint density at radius 3 is 3.00 bits per heavy atom. The van der Waals surface area contributed by atoms with Crippen LogP contribution >= 0.6 is 0 Å². The van der Waals surface area contributed by atoms with Crippen LogP contribution in [0.5, 0.6) is 0 Å². The highest BCUT2D eigenvalue weighted by molar-refractivity contribution is 5.72. The van der Waals surface area contributed by atoms with E-state index in [4.69, 9.17) is 9.84 Å². The minimum atomic E-state index is -0.502. The van der Waals surface area contributed by atoms with Crippen molar-refractivity contribution in [2.75, 3.05) is 6.61 Å². The molecule has 1 saturated heterocycles. The maximum absolute atomic E-state index is 10.8. The average molecular weight is 172 g/mol. The Kier molecular flexibility index (Phi) is 1.81. The monoisotopic (exact) mass is 172 g/mol. The van der Waals surface area contributed by atoms with Gasteiger partial charge >= 0.3 is 5.97 Å². The molecule has 2 rings (SSSR count). The summed E-state index contributed by atoms with van der Waals surface area (Å²) in [4.78, 5) is 10.8. The van der Waals surface area contributed by atoms with E-state index in [1.807, 2.05) is 0 Å². The number of hydrogen-bond donors (Lipinski definition) is 2. The van der Waals surface area contributed by atoms with Crippen LogP contribution in [0.4, 0.5) is 0 Å². The summed E-state index contributed by atoms with van der Waals surface area (Å²) in [7, 11) is 0. The molecule has 2 aliphatic rings. The first kappa shape index (κ1) is 8.01. The quantitative estimate of drug-likeness (QED) is 0.513. The van der Waals surface area contributed by atoms with Gasteiger partial charge in [-0.3, -0.25) is 4.79 Å². The number of ether oxygens (including phenoxy) is 1. The van der Waals surface area contributed by atoms with E-state index < -0.39 is 6.10 Å². The van der Waals surface area contributed by atoms with Crippen LogP contribution in [0.2, 0.25) is 0 Å². The minimum absolute atomic E-state index is 0.0394. The van der Waals surface area contributed by atoms with Crippen LogP contribution < -0.4 is 0 Å². The molecule has 0 aromatic carbocycles. The third kappa shape index (κ3) is 1.03. The van der Waals surface area contributed by atoms with Crippen LogP contribution in [0.3, 0.4) is 0 Å². The Bertz CT molecular complexity index is 203. The standard InChI is InChI=1S/C8H12O4/c9-3-5-4-1-8(11)12-7(4)2-6(5)10/h4-7,9-10H,1-3H2/t4-,5-,6-,7-/m0/s1. The van der Waals surface area contributed by atoms with Gasteiger partial charge in [-0.05, 0) is 0 Å². The molecule has 4 nitrogen and oxygen atoms in total. The predicted molar refractivity (Wildman–Crippen MR) is 39.2 cm³/mol. The largest absolute Gasteiger partial charge is 0.462 e. The summed E-state index contributed by atoms with van der Waals surface area (Å²) in [6.07, 6.45) is 0.192. The molecule has 4 atom stereocenters. The second-order valence-corrected chi connectivity index (χ2v) is 3.55. The summed E-state index contributed by atoms with van der Waals surface area (Å²) in [5, 5.41) is 18.4. The maximum atomic E-state index is 10.8. The van der Waals surface area contributed by atoms with Crippen molar-refractivity contribution in [3.05, 3.63) is 0 Å². The predicted octanol–water partition coefficient (Wildman–Crippen LogP) is -0.709. The number of esters is 1. The molecule has 0 aromatic rings. The molecule has 0 radical (unpaired) electrons. The molecule has 0 aromatic heterocycles. The second-order valence-electron chi connectivity index (χ2n) is 3.55. The number of aliphatic hydroxyl groups excluding tert-OH is 2. The van der Waals surface area contributed by atoms with Gasteiger partial charge in [-0.1, -0.05) is 0 Å². The third-order valence-corrected chi connectivity index (χ3v) is 2.89. The van der Waals surface area contributed by atoms with Crippen molar-refractivity contribution in [1.29, 1.82) is 0 Å². The number of aliphatic hydroxyl groups is 2. The van der Waals surface area contributed by atoms with Crippen LogP contribution in [-0.4, -0.2) is 35.0 Å². The molecule has 12 heavy (non-hydrogen) atoms. The van der Waals surface area contributed by atoms with Gasteiger partial charge in [-0.15, -0.1) is 0 Å². The molecule has 0 unspecified atom stereocenters. The Balaban J connectivity index is 2.11. The number of hydrogen-bond acceptors (Lipinski definition) is 4.